The smallest absolute Gasteiger partial charge is 0.146 e. The van der Waals surface area contributed by atoms with Gasteiger partial charge in [0.15, 0.2) is 0 Å². The van der Waals surface area contributed by atoms with Crippen LogP contribution in [0.15, 0.2) is 24.5 Å². The Morgan fingerprint density at radius 3 is 2.62 bits per heavy atom. The minimum Gasteiger partial charge on any atom is -0.393 e. The Bertz CT molecular complexity index is 710. The first-order valence-electron chi connectivity index (χ1n) is 9.64. The van der Waals surface area contributed by atoms with Crippen molar-refractivity contribution in [3.63, 3.8) is 0 Å². The average Bonchev–Trinajstić information content (AvgIpc) is 3.05. The summed E-state index contributed by atoms with van der Waals surface area (Å²) in [4.78, 5) is 8.91. The number of rotatable bonds is 4. The van der Waals surface area contributed by atoms with Gasteiger partial charge in [-0.25, -0.2) is 0 Å². The molecule has 2 saturated heterocycles. The van der Waals surface area contributed by atoms with Crippen molar-refractivity contribution in [2.45, 2.75) is 44.2 Å². The minimum atomic E-state index is -0.136. The lowest BCUT2D eigenvalue weighted by Gasteiger charge is -2.34. The van der Waals surface area contributed by atoms with Crippen molar-refractivity contribution in [2.24, 2.45) is 7.05 Å². The highest BCUT2D eigenvalue weighted by atomic mass is 16.3. The molecule has 4 rings (SSSR count). The standard InChI is InChI=1S/C19H28N6O/c1-23-18(14-24-11-6-17(26)7-12-24)21-22-19(23)15-3-2-10-25(13-15)16-4-8-20-9-5-16/h4-5,8-9,15,17,26H,2-3,6-7,10-14H2,1H3/t15-/m1/s1. The monoisotopic (exact) mass is 356 g/mol. The van der Waals surface area contributed by atoms with Gasteiger partial charge in [-0.1, -0.05) is 0 Å². The van der Waals surface area contributed by atoms with E-state index in [1.54, 1.807) is 0 Å². The Morgan fingerprint density at radius 2 is 1.85 bits per heavy atom. The van der Waals surface area contributed by atoms with Gasteiger partial charge in [0.05, 0.1) is 12.6 Å². The first-order chi connectivity index (χ1) is 12.7. The largest absolute Gasteiger partial charge is 0.393 e. The lowest BCUT2D eigenvalue weighted by atomic mass is 9.96. The molecule has 0 spiro atoms. The number of aliphatic hydroxyl groups is 1. The van der Waals surface area contributed by atoms with Gasteiger partial charge in [0, 0.05) is 57.2 Å². The van der Waals surface area contributed by atoms with E-state index in [0.717, 1.165) is 63.6 Å². The Balaban J connectivity index is 1.44. The quantitative estimate of drug-likeness (QED) is 0.896. The number of aliphatic hydroxyl groups excluding tert-OH is 1. The molecule has 0 bridgehead atoms. The van der Waals surface area contributed by atoms with Crippen LogP contribution in [-0.4, -0.2) is 62.0 Å². The van der Waals surface area contributed by atoms with Crippen LogP contribution < -0.4 is 4.90 Å². The van der Waals surface area contributed by atoms with Gasteiger partial charge < -0.3 is 14.6 Å². The highest BCUT2D eigenvalue weighted by Crippen LogP contribution is 2.29. The molecule has 1 N–H and O–H groups in total. The van der Waals surface area contributed by atoms with E-state index < -0.39 is 0 Å². The van der Waals surface area contributed by atoms with Crippen molar-refractivity contribution in [2.75, 3.05) is 31.1 Å². The number of pyridine rings is 1. The van der Waals surface area contributed by atoms with Gasteiger partial charge in [0.2, 0.25) is 0 Å². The Morgan fingerprint density at radius 1 is 1.08 bits per heavy atom. The number of anilines is 1. The van der Waals surface area contributed by atoms with Crippen molar-refractivity contribution in [3.8, 4) is 0 Å². The predicted molar refractivity (Wildman–Crippen MR) is 99.9 cm³/mol. The summed E-state index contributed by atoms with van der Waals surface area (Å²) in [6, 6.07) is 4.16. The van der Waals surface area contributed by atoms with Gasteiger partial charge in [-0.3, -0.25) is 9.88 Å². The molecule has 0 unspecified atom stereocenters. The molecule has 4 heterocycles. The molecule has 0 saturated carbocycles. The third kappa shape index (κ3) is 3.73. The van der Waals surface area contributed by atoms with Gasteiger partial charge >= 0.3 is 0 Å². The van der Waals surface area contributed by atoms with E-state index in [0.29, 0.717) is 5.92 Å². The number of aromatic nitrogens is 4. The summed E-state index contributed by atoms with van der Waals surface area (Å²) in [5.41, 5.74) is 1.24. The fraction of sp³-hybridized carbons (Fsp3) is 0.632. The number of nitrogens with zero attached hydrogens (tertiary/aromatic N) is 6. The number of likely N-dealkylation sites (tertiary alicyclic amines) is 1. The zero-order chi connectivity index (χ0) is 17.9. The Kier molecular flexibility index (Phi) is 5.17. The highest BCUT2D eigenvalue weighted by Gasteiger charge is 2.27. The topological polar surface area (TPSA) is 70.3 Å². The molecule has 7 nitrogen and oxygen atoms in total. The van der Waals surface area contributed by atoms with E-state index in [1.807, 2.05) is 12.4 Å². The molecule has 2 aliphatic heterocycles. The van der Waals surface area contributed by atoms with Crippen LogP contribution in [0.4, 0.5) is 5.69 Å². The highest BCUT2D eigenvalue weighted by molar-refractivity contribution is 5.45. The SMILES string of the molecule is Cn1c(CN2CCC(O)CC2)nnc1[C@@H]1CCCN(c2ccncc2)C1. The maximum Gasteiger partial charge on any atom is 0.146 e. The average molecular weight is 356 g/mol. The van der Waals surface area contributed by atoms with Crippen molar-refractivity contribution < 1.29 is 5.11 Å². The number of piperidine rings is 2. The molecule has 2 aromatic heterocycles. The summed E-state index contributed by atoms with van der Waals surface area (Å²) in [5.74, 6) is 2.53. The van der Waals surface area contributed by atoms with Gasteiger partial charge in [-0.15, -0.1) is 10.2 Å². The van der Waals surface area contributed by atoms with Crippen LogP contribution in [0.25, 0.3) is 0 Å². The summed E-state index contributed by atoms with van der Waals surface area (Å²) < 4.78 is 2.19. The molecule has 2 aliphatic rings. The summed E-state index contributed by atoms with van der Waals surface area (Å²) in [6.45, 7) is 4.75. The van der Waals surface area contributed by atoms with Crippen LogP contribution in [0, 0.1) is 0 Å². The van der Waals surface area contributed by atoms with E-state index in [-0.39, 0.29) is 6.10 Å². The van der Waals surface area contributed by atoms with Crippen molar-refractivity contribution >= 4 is 5.69 Å². The van der Waals surface area contributed by atoms with Crippen LogP contribution in [0.2, 0.25) is 0 Å². The molecule has 7 heteroatoms. The van der Waals surface area contributed by atoms with Crippen LogP contribution in [-0.2, 0) is 13.6 Å². The van der Waals surface area contributed by atoms with E-state index in [4.69, 9.17) is 0 Å². The molecule has 0 aromatic carbocycles. The van der Waals surface area contributed by atoms with Crippen LogP contribution in [0.1, 0.15) is 43.3 Å². The first-order valence-corrected chi connectivity index (χ1v) is 9.64. The predicted octanol–water partition coefficient (Wildman–Crippen LogP) is 1.55. The normalized spacial score (nSPS) is 22.7. The van der Waals surface area contributed by atoms with Crippen LogP contribution in [0.5, 0.6) is 0 Å². The lowest BCUT2D eigenvalue weighted by molar-refractivity contribution is 0.0775. The number of hydrogen-bond acceptors (Lipinski definition) is 6. The van der Waals surface area contributed by atoms with Crippen LogP contribution in [0.3, 0.4) is 0 Å². The van der Waals surface area contributed by atoms with Crippen molar-refractivity contribution in [3.05, 3.63) is 36.2 Å². The minimum absolute atomic E-state index is 0.136. The second-order valence-electron chi connectivity index (χ2n) is 7.53. The molecule has 1 atom stereocenters. The summed E-state index contributed by atoms with van der Waals surface area (Å²) in [7, 11) is 2.09. The summed E-state index contributed by atoms with van der Waals surface area (Å²) >= 11 is 0. The Labute approximate surface area is 154 Å². The second-order valence-corrected chi connectivity index (χ2v) is 7.53. The number of hydrogen-bond donors (Lipinski definition) is 1. The fourth-order valence-corrected chi connectivity index (χ4v) is 4.12. The second kappa shape index (κ2) is 7.72. The zero-order valence-corrected chi connectivity index (χ0v) is 15.5. The third-order valence-corrected chi connectivity index (χ3v) is 5.74. The maximum atomic E-state index is 9.67. The van der Waals surface area contributed by atoms with Gasteiger partial charge in [0.1, 0.15) is 11.6 Å². The first kappa shape index (κ1) is 17.4. The van der Waals surface area contributed by atoms with E-state index in [2.05, 4.69) is 48.7 Å². The van der Waals surface area contributed by atoms with Crippen molar-refractivity contribution in [1.82, 2.24) is 24.6 Å². The summed E-state index contributed by atoms with van der Waals surface area (Å²) in [5, 5.41) is 18.7. The lowest BCUT2D eigenvalue weighted by Crippen LogP contribution is -2.36. The molecular formula is C19H28N6O. The van der Waals surface area contributed by atoms with E-state index in [9.17, 15) is 5.11 Å². The molecule has 0 amide bonds. The molecule has 2 aromatic rings. The third-order valence-electron chi connectivity index (χ3n) is 5.74. The zero-order valence-electron chi connectivity index (χ0n) is 15.5. The molecule has 0 radical (unpaired) electrons. The Hall–Kier alpha value is -1.99. The van der Waals surface area contributed by atoms with E-state index >= 15 is 0 Å². The fourth-order valence-electron chi connectivity index (χ4n) is 4.12. The molecular weight excluding hydrogens is 328 g/mol. The maximum absolute atomic E-state index is 9.67. The molecule has 2 fully saturated rings. The molecule has 0 aliphatic carbocycles. The van der Waals surface area contributed by atoms with Crippen LogP contribution >= 0.6 is 0 Å². The molecule has 140 valence electrons. The summed E-state index contributed by atoms with van der Waals surface area (Å²) in [6.07, 6.45) is 7.61. The molecule has 26 heavy (non-hydrogen) atoms. The van der Waals surface area contributed by atoms with Gasteiger partial charge in [-0.05, 0) is 37.8 Å². The van der Waals surface area contributed by atoms with Gasteiger partial charge in [-0.2, -0.15) is 0 Å². The van der Waals surface area contributed by atoms with E-state index in [1.165, 1.54) is 12.1 Å². The van der Waals surface area contributed by atoms with Crippen molar-refractivity contribution in [1.29, 1.82) is 0 Å². The van der Waals surface area contributed by atoms with Gasteiger partial charge in [0.25, 0.3) is 0 Å².